The minimum atomic E-state index is 0.777. The van der Waals surface area contributed by atoms with Crippen LogP contribution in [-0.2, 0) is 19.6 Å². The predicted molar refractivity (Wildman–Crippen MR) is 82.7 cm³/mol. The van der Waals surface area contributed by atoms with Crippen LogP contribution in [-0.4, -0.2) is 45.0 Å². The minimum Gasteiger partial charge on any atom is -0.311 e. The molecule has 0 bridgehead atoms. The molecule has 0 saturated carbocycles. The van der Waals surface area contributed by atoms with E-state index >= 15 is 0 Å². The van der Waals surface area contributed by atoms with E-state index in [1.54, 1.807) is 0 Å². The minimum absolute atomic E-state index is 0.777. The number of nitrogens with one attached hydrogen (secondary N) is 1. The van der Waals surface area contributed by atoms with Gasteiger partial charge in [-0.1, -0.05) is 18.2 Å². The monoisotopic (exact) mass is 288 g/mol. The Morgan fingerprint density at radius 3 is 2.90 bits per heavy atom. The smallest absolute Gasteiger partial charge is 0.0964 e. The van der Waals surface area contributed by atoms with Crippen LogP contribution in [0.5, 0.6) is 0 Å². The second kappa shape index (κ2) is 7.85. The summed E-state index contributed by atoms with van der Waals surface area (Å²) in [6.07, 6.45) is 2.00. The number of pyridine rings is 1. The van der Waals surface area contributed by atoms with Gasteiger partial charge in [0.25, 0.3) is 0 Å². The molecule has 1 N–H and O–H groups in total. The fraction of sp³-hybridized carbons (Fsp3) is 0.533. The number of aromatic nitrogens is 4. The predicted octanol–water partition coefficient (Wildman–Crippen LogP) is 1.22. The van der Waals surface area contributed by atoms with E-state index in [1.165, 1.54) is 0 Å². The Morgan fingerprint density at radius 2 is 2.14 bits per heavy atom. The third kappa shape index (κ3) is 5.24. The van der Waals surface area contributed by atoms with Crippen LogP contribution >= 0.6 is 0 Å². The molecule has 2 rings (SSSR count). The summed E-state index contributed by atoms with van der Waals surface area (Å²) in [7, 11) is 2.10. The molecule has 0 spiro atoms. The molecule has 0 amide bonds. The maximum Gasteiger partial charge on any atom is 0.0964 e. The van der Waals surface area contributed by atoms with Gasteiger partial charge in [-0.15, -0.1) is 5.10 Å². The Bertz CT molecular complexity index is 551. The molecule has 2 heterocycles. The summed E-state index contributed by atoms with van der Waals surface area (Å²) in [5, 5.41) is 11.5. The van der Waals surface area contributed by atoms with Gasteiger partial charge in [-0.25, -0.2) is 0 Å². The van der Waals surface area contributed by atoms with Gasteiger partial charge in [-0.3, -0.25) is 14.6 Å². The molecule has 21 heavy (non-hydrogen) atoms. The summed E-state index contributed by atoms with van der Waals surface area (Å²) in [5.41, 5.74) is 3.15. The molecule has 114 valence electrons. The molecule has 0 aliphatic carbocycles. The van der Waals surface area contributed by atoms with E-state index in [-0.39, 0.29) is 0 Å². The van der Waals surface area contributed by atoms with Crippen LogP contribution in [0.2, 0.25) is 0 Å². The van der Waals surface area contributed by atoms with Crippen LogP contribution in [0.15, 0.2) is 24.4 Å². The van der Waals surface area contributed by atoms with E-state index in [0.29, 0.717) is 0 Å². The van der Waals surface area contributed by atoms with Crippen LogP contribution in [0.3, 0.4) is 0 Å². The zero-order valence-corrected chi connectivity index (χ0v) is 13.1. The number of aryl methyl sites for hydroxylation is 1. The maximum absolute atomic E-state index is 4.52. The Balaban J connectivity index is 1.78. The summed E-state index contributed by atoms with van der Waals surface area (Å²) in [6.45, 7) is 8.42. The highest BCUT2D eigenvalue weighted by atomic mass is 15.4. The quantitative estimate of drug-likeness (QED) is 0.791. The first-order valence-electron chi connectivity index (χ1n) is 7.38. The van der Waals surface area contributed by atoms with E-state index < -0.39 is 0 Å². The van der Waals surface area contributed by atoms with Gasteiger partial charge in [0.2, 0.25) is 0 Å². The molecule has 6 nitrogen and oxygen atoms in total. The van der Waals surface area contributed by atoms with Crippen molar-refractivity contribution in [1.82, 2.24) is 30.2 Å². The van der Waals surface area contributed by atoms with Crippen molar-refractivity contribution in [2.45, 2.75) is 33.5 Å². The second-order valence-electron chi connectivity index (χ2n) is 5.26. The highest BCUT2D eigenvalue weighted by Gasteiger charge is 2.04. The fourth-order valence-electron chi connectivity index (χ4n) is 2.10. The number of hydrogen-bond donors (Lipinski definition) is 1. The van der Waals surface area contributed by atoms with Gasteiger partial charge in [0, 0.05) is 31.5 Å². The zero-order valence-electron chi connectivity index (χ0n) is 13.1. The molecular weight excluding hydrogens is 264 g/mol. The summed E-state index contributed by atoms with van der Waals surface area (Å²) in [5.74, 6) is 0. The molecule has 0 unspecified atom stereocenters. The molecule has 0 saturated heterocycles. The van der Waals surface area contributed by atoms with Gasteiger partial charge in [0.1, 0.15) is 0 Å². The molecule has 2 aromatic heterocycles. The van der Waals surface area contributed by atoms with Crippen LogP contribution < -0.4 is 5.32 Å². The lowest BCUT2D eigenvalue weighted by Crippen LogP contribution is -2.23. The van der Waals surface area contributed by atoms with Crippen molar-refractivity contribution in [3.63, 3.8) is 0 Å². The Labute approximate surface area is 126 Å². The molecule has 0 aromatic carbocycles. The van der Waals surface area contributed by atoms with Gasteiger partial charge in [0.05, 0.1) is 17.9 Å². The summed E-state index contributed by atoms with van der Waals surface area (Å²) >= 11 is 0. The molecule has 0 fully saturated rings. The number of likely N-dealkylation sites (N-methyl/N-ethyl adjacent to an activating group) is 1. The van der Waals surface area contributed by atoms with Crippen molar-refractivity contribution in [1.29, 1.82) is 0 Å². The first-order valence-corrected chi connectivity index (χ1v) is 7.38. The SMILES string of the molecule is CCNCc1cn(CCN(C)Cc2cccc(C)n2)nn1. The van der Waals surface area contributed by atoms with Gasteiger partial charge < -0.3 is 5.32 Å². The lowest BCUT2D eigenvalue weighted by molar-refractivity contribution is 0.300. The average Bonchev–Trinajstić information content (AvgIpc) is 2.91. The van der Waals surface area contributed by atoms with Crippen LogP contribution in [0.1, 0.15) is 24.0 Å². The van der Waals surface area contributed by atoms with Crippen molar-refractivity contribution in [3.8, 4) is 0 Å². The van der Waals surface area contributed by atoms with Crippen molar-refractivity contribution >= 4 is 0 Å². The van der Waals surface area contributed by atoms with E-state index in [1.807, 2.05) is 23.9 Å². The van der Waals surface area contributed by atoms with Crippen LogP contribution in [0.4, 0.5) is 0 Å². The average molecular weight is 288 g/mol. The fourth-order valence-corrected chi connectivity index (χ4v) is 2.10. The van der Waals surface area contributed by atoms with E-state index in [9.17, 15) is 0 Å². The molecule has 6 heteroatoms. The highest BCUT2D eigenvalue weighted by Crippen LogP contribution is 2.02. The van der Waals surface area contributed by atoms with Gasteiger partial charge >= 0.3 is 0 Å². The first-order chi connectivity index (χ1) is 10.2. The lowest BCUT2D eigenvalue weighted by Gasteiger charge is -2.16. The summed E-state index contributed by atoms with van der Waals surface area (Å²) < 4.78 is 1.90. The van der Waals surface area contributed by atoms with Crippen LogP contribution in [0, 0.1) is 6.92 Å². The normalized spacial score (nSPS) is 11.2. The topological polar surface area (TPSA) is 58.9 Å². The van der Waals surface area contributed by atoms with Gasteiger partial charge in [-0.05, 0) is 32.6 Å². The van der Waals surface area contributed by atoms with E-state index in [0.717, 1.165) is 49.8 Å². The Kier molecular flexibility index (Phi) is 5.83. The number of hydrogen-bond acceptors (Lipinski definition) is 5. The largest absolute Gasteiger partial charge is 0.311 e. The molecule has 0 aliphatic heterocycles. The Hall–Kier alpha value is -1.79. The third-order valence-electron chi connectivity index (χ3n) is 3.23. The second-order valence-corrected chi connectivity index (χ2v) is 5.26. The van der Waals surface area contributed by atoms with Gasteiger partial charge in [0.15, 0.2) is 0 Å². The van der Waals surface area contributed by atoms with E-state index in [4.69, 9.17) is 0 Å². The molecule has 0 radical (unpaired) electrons. The molecule has 0 aliphatic rings. The third-order valence-corrected chi connectivity index (χ3v) is 3.23. The highest BCUT2D eigenvalue weighted by molar-refractivity contribution is 5.09. The van der Waals surface area contributed by atoms with Gasteiger partial charge in [-0.2, -0.15) is 0 Å². The molecular formula is C15H24N6. The molecule has 2 aromatic rings. The van der Waals surface area contributed by atoms with E-state index in [2.05, 4.69) is 51.6 Å². The zero-order chi connectivity index (χ0) is 15.1. The maximum atomic E-state index is 4.52. The van der Waals surface area contributed by atoms with Crippen LogP contribution in [0.25, 0.3) is 0 Å². The van der Waals surface area contributed by atoms with Crippen molar-refractivity contribution in [2.75, 3.05) is 20.1 Å². The Morgan fingerprint density at radius 1 is 1.29 bits per heavy atom. The first kappa shape index (κ1) is 15.6. The number of rotatable bonds is 8. The van der Waals surface area contributed by atoms with Crippen molar-refractivity contribution in [2.24, 2.45) is 0 Å². The summed E-state index contributed by atoms with van der Waals surface area (Å²) in [6, 6.07) is 6.13. The van der Waals surface area contributed by atoms with Crippen molar-refractivity contribution in [3.05, 3.63) is 41.5 Å². The lowest BCUT2D eigenvalue weighted by atomic mass is 10.3. The number of nitrogens with zero attached hydrogens (tertiary/aromatic N) is 5. The molecule has 0 atom stereocenters. The summed E-state index contributed by atoms with van der Waals surface area (Å²) in [4.78, 5) is 6.76. The standard InChI is InChI=1S/C15H24N6/c1-4-16-10-15-12-21(19-18-15)9-8-20(3)11-14-7-5-6-13(2)17-14/h5-7,12,16H,4,8-11H2,1-3H3. The van der Waals surface area contributed by atoms with Crippen molar-refractivity contribution < 1.29 is 0 Å².